The second kappa shape index (κ2) is 8.58. The standard InChI is InChI=1S/C12H22/c1-4-7-10-12(9-6-3)11-8-5-2/h4,7,11H,5-6,8-10H2,1-3H3/b7-4-,12-11+. The largest absolute Gasteiger partial charge is 0.0913 e. The molecule has 0 aliphatic heterocycles. The van der Waals surface area contributed by atoms with Crippen LogP contribution in [0.4, 0.5) is 0 Å². The molecule has 70 valence electrons. The number of unbranched alkanes of at least 4 members (excludes halogenated alkanes) is 1. The second-order valence-corrected chi connectivity index (χ2v) is 3.17. The number of hydrogen-bond acceptors (Lipinski definition) is 0. The molecule has 0 nitrogen and oxygen atoms in total. The van der Waals surface area contributed by atoms with Crippen LogP contribution >= 0.6 is 0 Å². The van der Waals surface area contributed by atoms with Crippen LogP contribution in [0, 0.1) is 0 Å². The van der Waals surface area contributed by atoms with E-state index < -0.39 is 0 Å². The maximum absolute atomic E-state index is 2.41. The molecule has 0 heterocycles. The molecule has 0 fully saturated rings. The Morgan fingerprint density at radius 2 is 1.92 bits per heavy atom. The summed E-state index contributed by atoms with van der Waals surface area (Å²) in [6.45, 7) is 6.56. The molecule has 0 spiro atoms. The zero-order chi connectivity index (χ0) is 9.23. The summed E-state index contributed by atoms with van der Waals surface area (Å²) in [4.78, 5) is 0. The molecular weight excluding hydrogens is 144 g/mol. The fraction of sp³-hybridized carbons (Fsp3) is 0.667. The van der Waals surface area contributed by atoms with Gasteiger partial charge in [0, 0.05) is 0 Å². The van der Waals surface area contributed by atoms with Gasteiger partial charge in [-0.3, -0.25) is 0 Å². The minimum absolute atomic E-state index is 1.16. The highest BCUT2D eigenvalue weighted by atomic mass is 14.0. The quantitative estimate of drug-likeness (QED) is 0.510. The number of hydrogen-bond donors (Lipinski definition) is 0. The molecule has 0 aromatic heterocycles. The average molecular weight is 166 g/mol. The minimum atomic E-state index is 1.16. The Hall–Kier alpha value is -0.520. The summed E-state index contributed by atoms with van der Waals surface area (Å²) in [5.74, 6) is 0. The molecular formula is C12H22. The van der Waals surface area contributed by atoms with E-state index in [-0.39, 0.29) is 0 Å². The van der Waals surface area contributed by atoms with Crippen LogP contribution in [0.3, 0.4) is 0 Å². The van der Waals surface area contributed by atoms with Crippen molar-refractivity contribution in [1.82, 2.24) is 0 Å². The van der Waals surface area contributed by atoms with E-state index in [2.05, 4.69) is 39.0 Å². The zero-order valence-corrected chi connectivity index (χ0v) is 8.77. The molecule has 0 heteroatoms. The summed E-state index contributed by atoms with van der Waals surface area (Å²) in [6, 6.07) is 0. The van der Waals surface area contributed by atoms with Crippen LogP contribution in [0.2, 0.25) is 0 Å². The monoisotopic (exact) mass is 166 g/mol. The first kappa shape index (κ1) is 11.5. The van der Waals surface area contributed by atoms with Gasteiger partial charge in [0.15, 0.2) is 0 Å². The lowest BCUT2D eigenvalue weighted by molar-refractivity contribution is 0.853. The van der Waals surface area contributed by atoms with Crippen LogP contribution in [-0.2, 0) is 0 Å². The SMILES string of the molecule is C/C=C\C/C(=C/CCC)CCC. The van der Waals surface area contributed by atoms with Gasteiger partial charge in [-0.2, -0.15) is 0 Å². The van der Waals surface area contributed by atoms with E-state index in [4.69, 9.17) is 0 Å². The Morgan fingerprint density at radius 1 is 1.17 bits per heavy atom. The highest BCUT2D eigenvalue weighted by Gasteiger charge is 1.91. The van der Waals surface area contributed by atoms with Gasteiger partial charge in [-0.15, -0.1) is 0 Å². The Balaban J connectivity index is 3.84. The van der Waals surface area contributed by atoms with Crippen molar-refractivity contribution in [2.24, 2.45) is 0 Å². The van der Waals surface area contributed by atoms with Crippen LogP contribution in [0.5, 0.6) is 0 Å². The topological polar surface area (TPSA) is 0 Å². The summed E-state index contributed by atoms with van der Waals surface area (Å²) in [5, 5.41) is 0. The lowest BCUT2D eigenvalue weighted by Crippen LogP contribution is -1.81. The van der Waals surface area contributed by atoms with Gasteiger partial charge in [-0.05, 0) is 26.2 Å². The fourth-order valence-corrected chi connectivity index (χ4v) is 1.23. The Morgan fingerprint density at radius 3 is 2.42 bits per heavy atom. The van der Waals surface area contributed by atoms with Crippen molar-refractivity contribution in [3.63, 3.8) is 0 Å². The molecule has 0 unspecified atom stereocenters. The Labute approximate surface area is 77.4 Å². The molecule has 0 saturated carbocycles. The summed E-state index contributed by atoms with van der Waals surface area (Å²) >= 11 is 0. The molecule has 0 radical (unpaired) electrons. The molecule has 0 saturated heterocycles. The van der Waals surface area contributed by atoms with Gasteiger partial charge in [-0.25, -0.2) is 0 Å². The summed E-state index contributed by atoms with van der Waals surface area (Å²) < 4.78 is 0. The van der Waals surface area contributed by atoms with E-state index >= 15 is 0 Å². The zero-order valence-electron chi connectivity index (χ0n) is 8.77. The maximum atomic E-state index is 2.41. The summed E-state index contributed by atoms with van der Waals surface area (Å²) in [6.07, 6.45) is 13.0. The minimum Gasteiger partial charge on any atom is -0.0913 e. The van der Waals surface area contributed by atoms with Gasteiger partial charge in [0.05, 0.1) is 0 Å². The molecule has 0 bridgehead atoms. The van der Waals surface area contributed by atoms with E-state index in [0.717, 1.165) is 6.42 Å². The van der Waals surface area contributed by atoms with Crippen molar-refractivity contribution >= 4 is 0 Å². The van der Waals surface area contributed by atoms with Gasteiger partial charge in [0.1, 0.15) is 0 Å². The van der Waals surface area contributed by atoms with Crippen molar-refractivity contribution in [2.75, 3.05) is 0 Å². The molecule has 0 aromatic rings. The number of rotatable bonds is 6. The fourth-order valence-electron chi connectivity index (χ4n) is 1.23. The van der Waals surface area contributed by atoms with Crippen molar-refractivity contribution in [3.05, 3.63) is 23.8 Å². The van der Waals surface area contributed by atoms with Crippen LogP contribution < -0.4 is 0 Å². The van der Waals surface area contributed by atoms with Gasteiger partial charge < -0.3 is 0 Å². The van der Waals surface area contributed by atoms with Crippen LogP contribution in [-0.4, -0.2) is 0 Å². The Kier molecular flexibility index (Phi) is 8.20. The van der Waals surface area contributed by atoms with Gasteiger partial charge in [0.2, 0.25) is 0 Å². The third-order valence-electron chi connectivity index (χ3n) is 1.91. The predicted octanol–water partition coefficient (Wildman–Crippen LogP) is 4.48. The van der Waals surface area contributed by atoms with Crippen LogP contribution in [0.15, 0.2) is 23.8 Å². The molecule has 0 aliphatic rings. The highest BCUT2D eigenvalue weighted by molar-refractivity contribution is 5.06. The van der Waals surface area contributed by atoms with Gasteiger partial charge in [0.25, 0.3) is 0 Å². The van der Waals surface area contributed by atoms with E-state index in [1.807, 2.05) is 0 Å². The van der Waals surface area contributed by atoms with Crippen LogP contribution in [0.25, 0.3) is 0 Å². The van der Waals surface area contributed by atoms with E-state index in [9.17, 15) is 0 Å². The smallest absolute Gasteiger partial charge is 0.0139 e. The summed E-state index contributed by atoms with van der Waals surface area (Å²) in [7, 11) is 0. The third kappa shape index (κ3) is 6.21. The predicted molar refractivity (Wildman–Crippen MR) is 57.3 cm³/mol. The first-order valence-electron chi connectivity index (χ1n) is 5.14. The third-order valence-corrected chi connectivity index (χ3v) is 1.91. The van der Waals surface area contributed by atoms with E-state index in [1.54, 1.807) is 5.57 Å². The lowest BCUT2D eigenvalue weighted by Gasteiger charge is -2.01. The molecule has 0 N–H and O–H groups in total. The van der Waals surface area contributed by atoms with Crippen molar-refractivity contribution in [1.29, 1.82) is 0 Å². The lowest BCUT2D eigenvalue weighted by atomic mass is 10.1. The molecule has 12 heavy (non-hydrogen) atoms. The van der Waals surface area contributed by atoms with Gasteiger partial charge >= 0.3 is 0 Å². The highest BCUT2D eigenvalue weighted by Crippen LogP contribution is 2.12. The molecule has 0 amide bonds. The second-order valence-electron chi connectivity index (χ2n) is 3.17. The molecule has 0 rings (SSSR count). The summed E-state index contributed by atoms with van der Waals surface area (Å²) in [5.41, 5.74) is 1.61. The Bertz CT molecular complexity index is 140. The van der Waals surface area contributed by atoms with Gasteiger partial charge in [-0.1, -0.05) is 50.5 Å². The first-order chi connectivity index (χ1) is 5.85. The maximum Gasteiger partial charge on any atom is -0.0139 e. The normalized spacial score (nSPS) is 12.8. The molecule has 0 aliphatic carbocycles. The van der Waals surface area contributed by atoms with Crippen molar-refractivity contribution < 1.29 is 0 Å². The van der Waals surface area contributed by atoms with Crippen molar-refractivity contribution in [2.45, 2.75) is 52.9 Å². The molecule has 0 aromatic carbocycles. The van der Waals surface area contributed by atoms with E-state index in [0.29, 0.717) is 0 Å². The van der Waals surface area contributed by atoms with Crippen LogP contribution in [0.1, 0.15) is 52.9 Å². The average Bonchev–Trinajstić information content (AvgIpc) is 2.10. The molecule has 0 atom stereocenters. The first-order valence-corrected chi connectivity index (χ1v) is 5.14. The number of allylic oxidation sites excluding steroid dienone is 4. The van der Waals surface area contributed by atoms with E-state index in [1.165, 1.54) is 25.7 Å². The van der Waals surface area contributed by atoms with Crippen molar-refractivity contribution in [3.8, 4) is 0 Å².